The smallest absolute Gasteiger partial charge is 0.184 e. The predicted molar refractivity (Wildman–Crippen MR) is 37.3 cm³/mol. The third kappa shape index (κ3) is 4.81. The monoisotopic (exact) mass is 127 g/mol. The highest BCUT2D eigenvalue weighted by molar-refractivity contribution is 5.20. The van der Waals surface area contributed by atoms with E-state index < -0.39 is 5.95 Å². The summed E-state index contributed by atoms with van der Waals surface area (Å²) in [7, 11) is 0. The summed E-state index contributed by atoms with van der Waals surface area (Å²) in [6, 6.07) is 0. The lowest BCUT2D eigenvalue weighted by Crippen LogP contribution is -1.85. The molecule has 0 aromatic carbocycles. The van der Waals surface area contributed by atoms with Gasteiger partial charge >= 0.3 is 0 Å². The van der Waals surface area contributed by atoms with Gasteiger partial charge in [-0.1, -0.05) is 24.3 Å². The third-order valence-corrected chi connectivity index (χ3v) is 0.827. The minimum Gasteiger partial charge on any atom is -0.376 e. The summed E-state index contributed by atoms with van der Waals surface area (Å²) >= 11 is 0. The third-order valence-electron chi connectivity index (χ3n) is 0.827. The molecule has 0 radical (unpaired) electrons. The van der Waals surface area contributed by atoms with E-state index in [0.717, 1.165) is 5.57 Å². The first-order chi connectivity index (χ1) is 4.16. The standard InChI is InChI=1S/C7H10FN/c1-3-6(2)4-5-7(8)9/h3-5H,1,9H2,2H3/b6-4-,7-5-. The van der Waals surface area contributed by atoms with Crippen molar-refractivity contribution < 1.29 is 4.39 Å². The molecule has 0 aliphatic carbocycles. The largest absolute Gasteiger partial charge is 0.376 e. The minimum atomic E-state index is -0.684. The number of halogens is 1. The molecule has 0 rings (SSSR count). The second-order valence-corrected chi connectivity index (χ2v) is 1.67. The summed E-state index contributed by atoms with van der Waals surface area (Å²) in [5, 5.41) is 0. The van der Waals surface area contributed by atoms with Crippen molar-refractivity contribution in [1.29, 1.82) is 0 Å². The van der Waals surface area contributed by atoms with E-state index in [4.69, 9.17) is 5.73 Å². The molecule has 0 aliphatic heterocycles. The van der Waals surface area contributed by atoms with E-state index in [1.807, 2.05) is 6.92 Å². The summed E-state index contributed by atoms with van der Waals surface area (Å²) in [6.45, 7) is 5.29. The molecule has 50 valence electrons. The van der Waals surface area contributed by atoms with E-state index >= 15 is 0 Å². The van der Waals surface area contributed by atoms with Crippen LogP contribution in [0.5, 0.6) is 0 Å². The van der Waals surface area contributed by atoms with Gasteiger partial charge < -0.3 is 5.73 Å². The number of hydrogen-bond acceptors (Lipinski definition) is 1. The van der Waals surface area contributed by atoms with Crippen LogP contribution in [0.4, 0.5) is 4.39 Å². The Morgan fingerprint density at radius 1 is 1.56 bits per heavy atom. The molecule has 0 heterocycles. The van der Waals surface area contributed by atoms with Gasteiger partial charge in [0.1, 0.15) is 0 Å². The average molecular weight is 127 g/mol. The number of hydrogen-bond donors (Lipinski definition) is 1. The van der Waals surface area contributed by atoms with Crippen molar-refractivity contribution in [2.45, 2.75) is 6.92 Å². The van der Waals surface area contributed by atoms with Gasteiger partial charge in [-0.05, 0) is 13.0 Å². The fourth-order valence-electron chi connectivity index (χ4n) is 0.279. The first-order valence-corrected chi connectivity index (χ1v) is 2.59. The molecule has 0 aliphatic rings. The Labute approximate surface area is 54.4 Å². The van der Waals surface area contributed by atoms with Gasteiger partial charge in [0, 0.05) is 0 Å². The fraction of sp³-hybridized carbons (Fsp3) is 0.143. The molecule has 0 saturated carbocycles. The minimum absolute atomic E-state index is 0.684. The van der Waals surface area contributed by atoms with Gasteiger partial charge in [0.15, 0.2) is 5.95 Å². The van der Waals surface area contributed by atoms with E-state index in [-0.39, 0.29) is 0 Å². The maximum absolute atomic E-state index is 11.8. The van der Waals surface area contributed by atoms with E-state index in [1.165, 1.54) is 6.08 Å². The molecule has 1 nitrogen and oxygen atoms in total. The van der Waals surface area contributed by atoms with Gasteiger partial charge in [-0.25, -0.2) is 0 Å². The van der Waals surface area contributed by atoms with Gasteiger partial charge in [-0.3, -0.25) is 0 Å². The van der Waals surface area contributed by atoms with Gasteiger partial charge in [0.2, 0.25) is 0 Å². The summed E-state index contributed by atoms with van der Waals surface area (Å²) in [6.07, 6.45) is 4.37. The van der Waals surface area contributed by atoms with Gasteiger partial charge in [-0.2, -0.15) is 4.39 Å². The summed E-state index contributed by atoms with van der Waals surface area (Å²) in [4.78, 5) is 0. The van der Waals surface area contributed by atoms with Crippen LogP contribution in [0.2, 0.25) is 0 Å². The molecule has 0 spiro atoms. The molecule has 0 amide bonds. The van der Waals surface area contributed by atoms with Crippen molar-refractivity contribution in [3.05, 3.63) is 36.3 Å². The molecule has 0 saturated heterocycles. The Morgan fingerprint density at radius 2 is 2.11 bits per heavy atom. The summed E-state index contributed by atoms with van der Waals surface area (Å²) in [5.41, 5.74) is 5.60. The Bertz CT molecular complexity index is 152. The highest BCUT2D eigenvalue weighted by Crippen LogP contribution is 1.94. The molecule has 2 heteroatoms. The van der Waals surface area contributed by atoms with E-state index in [0.29, 0.717) is 0 Å². The van der Waals surface area contributed by atoms with Crippen LogP contribution < -0.4 is 5.73 Å². The zero-order valence-corrected chi connectivity index (χ0v) is 5.39. The van der Waals surface area contributed by atoms with Crippen molar-refractivity contribution in [3.8, 4) is 0 Å². The zero-order chi connectivity index (χ0) is 7.28. The van der Waals surface area contributed by atoms with Crippen LogP contribution in [-0.4, -0.2) is 0 Å². The second kappa shape index (κ2) is 3.89. The average Bonchev–Trinajstić information content (AvgIpc) is 1.83. The molecule has 0 fully saturated rings. The summed E-state index contributed by atoms with van der Waals surface area (Å²) in [5.74, 6) is -0.684. The Hall–Kier alpha value is -1.05. The van der Waals surface area contributed by atoms with Gasteiger partial charge in [0.05, 0.1) is 0 Å². The van der Waals surface area contributed by atoms with Crippen molar-refractivity contribution in [2.24, 2.45) is 5.73 Å². The maximum atomic E-state index is 11.8. The molecule has 0 atom stereocenters. The van der Waals surface area contributed by atoms with Crippen LogP contribution in [0.1, 0.15) is 6.92 Å². The van der Waals surface area contributed by atoms with Crippen LogP contribution >= 0.6 is 0 Å². The first-order valence-electron chi connectivity index (χ1n) is 2.59. The summed E-state index contributed by atoms with van der Waals surface area (Å²) < 4.78 is 11.8. The molecule has 0 unspecified atom stereocenters. The van der Waals surface area contributed by atoms with Crippen LogP contribution in [0.3, 0.4) is 0 Å². The van der Waals surface area contributed by atoms with E-state index in [9.17, 15) is 4.39 Å². The molecule has 9 heavy (non-hydrogen) atoms. The lowest BCUT2D eigenvalue weighted by atomic mass is 10.3. The first kappa shape index (κ1) is 7.95. The quantitative estimate of drug-likeness (QED) is 0.445. The number of nitrogens with two attached hydrogens (primary N) is 1. The number of rotatable bonds is 2. The Morgan fingerprint density at radius 3 is 2.44 bits per heavy atom. The van der Waals surface area contributed by atoms with E-state index in [1.54, 1.807) is 12.2 Å². The highest BCUT2D eigenvalue weighted by Gasteiger charge is 1.78. The predicted octanol–water partition coefficient (Wildman–Crippen LogP) is 1.89. The van der Waals surface area contributed by atoms with Gasteiger partial charge in [-0.15, -0.1) is 0 Å². The second-order valence-electron chi connectivity index (χ2n) is 1.67. The lowest BCUT2D eigenvalue weighted by molar-refractivity contribution is 0.627. The molecular weight excluding hydrogens is 117 g/mol. The van der Waals surface area contributed by atoms with Crippen molar-refractivity contribution in [3.63, 3.8) is 0 Å². The lowest BCUT2D eigenvalue weighted by Gasteiger charge is -1.84. The molecule has 0 aromatic rings. The van der Waals surface area contributed by atoms with Crippen LogP contribution in [-0.2, 0) is 0 Å². The van der Waals surface area contributed by atoms with Crippen LogP contribution in [0, 0.1) is 0 Å². The normalized spacial score (nSPS) is 13.6. The Balaban J connectivity index is 3.98. The molecule has 0 bridgehead atoms. The zero-order valence-electron chi connectivity index (χ0n) is 5.39. The van der Waals surface area contributed by atoms with Crippen molar-refractivity contribution in [1.82, 2.24) is 0 Å². The Kier molecular flexibility index (Phi) is 3.44. The highest BCUT2D eigenvalue weighted by atomic mass is 19.1. The van der Waals surface area contributed by atoms with Gasteiger partial charge in [0.25, 0.3) is 0 Å². The molecule has 2 N–H and O–H groups in total. The number of allylic oxidation sites excluding steroid dienone is 4. The fourth-order valence-corrected chi connectivity index (χ4v) is 0.279. The topological polar surface area (TPSA) is 26.0 Å². The van der Waals surface area contributed by atoms with Crippen molar-refractivity contribution in [2.75, 3.05) is 0 Å². The van der Waals surface area contributed by atoms with Crippen molar-refractivity contribution >= 4 is 0 Å². The molecular formula is C7H10FN. The van der Waals surface area contributed by atoms with Crippen LogP contribution in [0.25, 0.3) is 0 Å². The SMILES string of the molecule is C=C/C(C)=C\C=C(/N)F. The molecule has 0 aromatic heterocycles. The maximum Gasteiger partial charge on any atom is 0.184 e. The van der Waals surface area contributed by atoms with E-state index in [2.05, 4.69) is 6.58 Å². The van der Waals surface area contributed by atoms with Crippen LogP contribution in [0.15, 0.2) is 36.3 Å².